The molecule has 1 rings (SSSR count). The third kappa shape index (κ3) is 4.19. The molecule has 1 aromatic heterocycles. The third-order valence-corrected chi connectivity index (χ3v) is 2.28. The van der Waals surface area contributed by atoms with Crippen LogP contribution < -0.4 is 5.32 Å². The lowest BCUT2D eigenvalue weighted by Gasteiger charge is -2.08. The molecule has 1 heterocycles. The number of nitrogens with one attached hydrogen (secondary N) is 1. The van der Waals surface area contributed by atoms with Gasteiger partial charge in [-0.1, -0.05) is 19.9 Å². The number of imidazole rings is 1. The summed E-state index contributed by atoms with van der Waals surface area (Å²) in [6, 6.07) is 0. The lowest BCUT2D eigenvalue weighted by molar-refractivity contribution is 0.565. The first-order valence-electron chi connectivity index (χ1n) is 5.60. The zero-order valence-corrected chi connectivity index (χ0v) is 9.74. The van der Waals surface area contributed by atoms with E-state index in [-0.39, 0.29) is 0 Å². The maximum Gasteiger partial charge on any atom is 0.203 e. The number of anilines is 1. The van der Waals surface area contributed by atoms with Crippen molar-refractivity contribution in [3.8, 4) is 0 Å². The van der Waals surface area contributed by atoms with E-state index in [0.717, 1.165) is 25.0 Å². The molecule has 84 valence electrons. The summed E-state index contributed by atoms with van der Waals surface area (Å²) < 4.78 is 2.06. The van der Waals surface area contributed by atoms with Gasteiger partial charge < -0.3 is 9.88 Å². The van der Waals surface area contributed by atoms with Crippen molar-refractivity contribution in [2.45, 2.75) is 33.2 Å². The molecule has 15 heavy (non-hydrogen) atoms. The van der Waals surface area contributed by atoms with Crippen molar-refractivity contribution in [3.05, 3.63) is 25.0 Å². The van der Waals surface area contributed by atoms with Gasteiger partial charge in [-0.15, -0.1) is 6.58 Å². The summed E-state index contributed by atoms with van der Waals surface area (Å²) in [6.07, 6.45) is 8.11. The van der Waals surface area contributed by atoms with E-state index in [0.29, 0.717) is 0 Å². The topological polar surface area (TPSA) is 29.9 Å². The summed E-state index contributed by atoms with van der Waals surface area (Å²) in [7, 11) is 0. The van der Waals surface area contributed by atoms with Crippen LogP contribution in [-0.2, 0) is 6.54 Å². The minimum absolute atomic E-state index is 0.778. The minimum atomic E-state index is 0.778. The van der Waals surface area contributed by atoms with E-state index in [1.807, 2.05) is 18.5 Å². The van der Waals surface area contributed by atoms with Crippen LogP contribution in [0.15, 0.2) is 25.0 Å². The Morgan fingerprint density at radius 3 is 3.07 bits per heavy atom. The van der Waals surface area contributed by atoms with Gasteiger partial charge in [0.05, 0.1) is 0 Å². The molecule has 0 aliphatic rings. The van der Waals surface area contributed by atoms with Crippen molar-refractivity contribution in [2.75, 3.05) is 11.9 Å². The van der Waals surface area contributed by atoms with Crippen LogP contribution in [0, 0.1) is 5.92 Å². The van der Waals surface area contributed by atoms with Crippen LogP contribution >= 0.6 is 0 Å². The molecule has 0 spiro atoms. The van der Waals surface area contributed by atoms with E-state index >= 15 is 0 Å². The molecule has 0 saturated heterocycles. The van der Waals surface area contributed by atoms with Crippen LogP contribution in [0.25, 0.3) is 0 Å². The highest BCUT2D eigenvalue weighted by Crippen LogP contribution is 2.07. The first-order chi connectivity index (χ1) is 7.24. The van der Waals surface area contributed by atoms with Gasteiger partial charge in [0, 0.05) is 25.5 Å². The van der Waals surface area contributed by atoms with Crippen LogP contribution in [0.5, 0.6) is 0 Å². The van der Waals surface area contributed by atoms with E-state index in [4.69, 9.17) is 0 Å². The summed E-state index contributed by atoms with van der Waals surface area (Å²) in [5.74, 6) is 1.72. The van der Waals surface area contributed by atoms with Crippen molar-refractivity contribution in [1.82, 2.24) is 9.55 Å². The largest absolute Gasteiger partial charge is 0.356 e. The molecule has 1 N–H and O–H groups in total. The molecule has 0 bridgehead atoms. The van der Waals surface area contributed by atoms with Gasteiger partial charge in [0.25, 0.3) is 0 Å². The average molecular weight is 207 g/mol. The first kappa shape index (κ1) is 11.8. The Hall–Kier alpha value is -1.25. The monoisotopic (exact) mass is 207 g/mol. The number of allylic oxidation sites excluding steroid dienone is 1. The Morgan fingerprint density at radius 2 is 2.40 bits per heavy atom. The number of aromatic nitrogens is 2. The van der Waals surface area contributed by atoms with Gasteiger partial charge >= 0.3 is 0 Å². The maximum absolute atomic E-state index is 4.26. The smallest absolute Gasteiger partial charge is 0.203 e. The quantitative estimate of drug-likeness (QED) is 0.550. The molecular weight excluding hydrogens is 186 g/mol. The number of hydrogen-bond donors (Lipinski definition) is 1. The Morgan fingerprint density at radius 1 is 1.60 bits per heavy atom. The van der Waals surface area contributed by atoms with E-state index in [9.17, 15) is 0 Å². The average Bonchev–Trinajstić information content (AvgIpc) is 2.61. The summed E-state index contributed by atoms with van der Waals surface area (Å²) in [5.41, 5.74) is 0. The van der Waals surface area contributed by atoms with Gasteiger partial charge in [0.2, 0.25) is 5.95 Å². The highest BCUT2D eigenvalue weighted by atomic mass is 15.2. The van der Waals surface area contributed by atoms with Crippen LogP contribution in [0.2, 0.25) is 0 Å². The Balaban J connectivity index is 2.30. The van der Waals surface area contributed by atoms with Gasteiger partial charge in [0.15, 0.2) is 0 Å². The number of rotatable bonds is 7. The molecule has 0 unspecified atom stereocenters. The molecule has 0 fully saturated rings. The lowest BCUT2D eigenvalue weighted by atomic mass is 10.1. The van der Waals surface area contributed by atoms with Gasteiger partial charge in [-0.2, -0.15) is 0 Å². The molecular formula is C12H21N3. The van der Waals surface area contributed by atoms with Crippen LogP contribution in [-0.4, -0.2) is 16.1 Å². The first-order valence-corrected chi connectivity index (χ1v) is 5.60. The molecule has 3 heteroatoms. The predicted molar refractivity (Wildman–Crippen MR) is 65.0 cm³/mol. The second kappa shape index (κ2) is 6.27. The van der Waals surface area contributed by atoms with Crippen LogP contribution in [0.4, 0.5) is 5.95 Å². The molecule has 0 amide bonds. The van der Waals surface area contributed by atoms with Crippen molar-refractivity contribution < 1.29 is 0 Å². The van der Waals surface area contributed by atoms with Gasteiger partial charge in [-0.05, 0) is 18.8 Å². The zero-order chi connectivity index (χ0) is 11.1. The summed E-state index contributed by atoms with van der Waals surface area (Å²) in [4.78, 5) is 4.26. The number of nitrogens with zero attached hydrogens (tertiary/aromatic N) is 2. The SMILES string of the molecule is C=CCn1ccnc1NCCCC(C)C. The molecule has 0 aromatic carbocycles. The normalized spacial score (nSPS) is 10.6. The van der Waals surface area contributed by atoms with E-state index in [1.165, 1.54) is 12.8 Å². The second-order valence-electron chi connectivity index (χ2n) is 4.15. The van der Waals surface area contributed by atoms with E-state index < -0.39 is 0 Å². The fourth-order valence-corrected chi connectivity index (χ4v) is 1.47. The molecule has 0 aliphatic carbocycles. The molecule has 3 nitrogen and oxygen atoms in total. The van der Waals surface area contributed by atoms with Crippen molar-refractivity contribution in [1.29, 1.82) is 0 Å². The summed E-state index contributed by atoms with van der Waals surface area (Å²) in [5, 5.41) is 3.34. The predicted octanol–water partition coefficient (Wildman–Crippen LogP) is 2.92. The standard InChI is InChI=1S/C12H21N3/c1-4-9-15-10-8-14-12(15)13-7-5-6-11(2)3/h4,8,10-11H,1,5-7,9H2,2-3H3,(H,13,14). The Labute approximate surface area is 92.2 Å². The fraction of sp³-hybridized carbons (Fsp3) is 0.583. The van der Waals surface area contributed by atoms with Crippen molar-refractivity contribution in [3.63, 3.8) is 0 Å². The Bertz CT molecular complexity index is 289. The van der Waals surface area contributed by atoms with Gasteiger partial charge in [-0.25, -0.2) is 4.98 Å². The molecule has 1 aromatic rings. The second-order valence-corrected chi connectivity index (χ2v) is 4.15. The molecule has 0 saturated carbocycles. The minimum Gasteiger partial charge on any atom is -0.356 e. The Kier molecular flexibility index (Phi) is 4.95. The fourth-order valence-electron chi connectivity index (χ4n) is 1.47. The highest BCUT2D eigenvalue weighted by Gasteiger charge is 2.00. The maximum atomic E-state index is 4.26. The van der Waals surface area contributed by atoms with Gasteiger partial charge in [0.1, 0.15) is 0 Å². The van der Waals surface area contributed by atoms with E-state index in [1.54, 1.807) is 0 Å². The lowest BCUT2D eigenvalue weighted by Crippen LogP contribution is -2.08. The number of hydrogen-bond acceptors (Lipinski definition) is 2. The van der Waals surface area contributed by atoms with Gasteiger partial charge in [-0.3, -0.25) is 0 Å². The molecule has 0 radical (unpaired) electrons. The van der Waals surface area contributed by atoms with Crippen LogP contribution in [0.3, 0.4) is 0 Å². The molecule has 0 aliphatic heterocycles. The third-order valence-electron chi connectivity index (χ3n) is 2.28. The summed E-state index contributed by atoms with van der Waals surface area (Å²) in [6.45, 7) is 10.0. The summed E-state index contributed by atoms with van der Waals surface area (Å²) >= 11 is 0. The zero-order valence-electron chi connectivity index (χ0n) is 9.74. The highest BCUT2D eigenvalue weighted by molar-refractivity contribution is 5.25. The molecule has 0 atom stereocenters. The van der Waals surface area contributed by atoms with Crippen molar-refractivity contribution >= 4 is 5.95 Å². The van der Waals surface area contributed by atoms with Crippen LogP contribution in [0.1, 0.15) is 26.7 Å². The van der Waals surface area contributed by atoms with E-state index in [2.05, 4.69) is 35.3 Å². The van der Waals surface area contributed by atoms with Crippen molar-refractivity contribution in [2.24, 2.45) is 5.92 Å².